The predicted octanol–water partition coefficient (Wildman–Crippen LogP) is 0.491. The first kappa shape index (κ1) is 8.19. The molecule has 4 heteroatoms. The van der Waals surface area contributed by atoms with E-state index in [4.69, 9.17) is 15.2 Å². The summed E-state index contributed by atoms with van der Waals surface area (Å²) in [6.45, 7) is 0.802. The van der Waals surface area contributed by atoms with Crippen LogP contribution >= 0.6 is 0 Å². The van der Waals surface area contributed by atoms with Crippen molar-refractivity contribution >= 4 is 0 Å². The van der Waals surface area contributed by atoms with Crippen molar-refractivity contribution < 1.29 is 14.6 Å². The fourth-order valence-corrected chi connectivity index (χ4v) is 1.25. The molecular formula is C9H11NO3. The smallest absolute Gasteiger partial charge is 0.203 e. The second-order valence-electron chi connectivity index (χ2n) is 2.89. The number of hydrogen-bond donors (Lipinski definition) is 2. The van der Waals surface area contributed by atoms with Gasteiger partial charge in [-0.05, 0) is 12.1 Å². The summed E-state index contributed by atoms with van der Waals surface area (Å²) in [6.07, 6.45) is -0.116. The van der Waals surface area contributed by atoms with E-state index in [2.05, 4.69) is 0 Å². The Morgan fingerprint density at radius 3 is 3.15 bits per heavy atom. The predicted molar refractivity (Wildman–Crippen MR) is 47.1 cm³/mol. The third-order valence-electron chi connectivity index (χ3n) is 1.93. The molecule has 0 bridgehead atoms. The molecule has 0 spiro atoms. The highest BCUT2D eigenvalue weighted by molar-refractivity contribution is 5.51. The number of rotatable bonds is 1. The van der Waals surface area contributed by atoms with Gasteiger partial charge in [-0.1, -0.05) is 6.07 Å². The summed E-state index contributed by atoms with van der Waals surface area (Å²) in [5.41, 5.74) is 5.43. The fourth-order valence-electron chi connectivity index (χ4n) is 1.25. The van der Waals surface area contributed by atoms with Crippen molar-refractivity contribution in [1.29, 1.82) is 0 Å². The van der Waals surface area contributed by atoms with Crippen molar-refractivity contribution in [3.05, 3.63) is 18.2 Å². The fraction of sp³-hybridized carbons (Fsp3) is 0.333. The molecule has 0 saturated heterocycles. The topological polar surface area (TPSA) is 64.7 Å². The number of phenolic OH excluding ortho intramolecular Hbond substituents is 1. The number of aromatic hydroxyl groups is 1. The number of fused-ring (bicyclic) bond motifs is 1. The molecule has 1 unspecified atom stereocenters. The zero-order chi connectivity index (χ0) is 9.26. The Morgan fingerprint density at radius 2 is 2.38 bits per heavy atom. The van der Waals surface area contributed by atoms with E-state index in [0.717, 1.165) is 0 Å². The summed E-state index contributed by atoms with van der Waals surface area (Å²) in [4.78, 5) is 0. The number of para-hydroxylation sites is 1. The third kappa shape index (κ3) is 1.40. The van der Waals surface area contributed by atoms with Gasteiger partial charge in [-0.2, -0.15) is 0 Å². The number of hydrogen-bond acceptors (Lipinski definition) is 4. The quantitative estimate of drug-likeness (QED) is 0.661. The number of benzene rings is 1. The molecule has 0 saturated carbocycles. The Labute approximate surface area is 75.9 Å². The van der Waals surface area contributed by atoms with Crippen LogP contribution in [0, 0.1) is 0 Å². The lowest BCUT2D eigenvalue weighted by Gasteiger charge is -2.25. The van der Waals surface area contributed by atoms with Gasteiger partial charge in [0.1, 0.15) is 12.7 Å². The molecule has 0 fully saturated rings. The van der Waals surface area contributed by atoms with E-state index in [1.807, 2.05) is 0 Å². The third-order valence-corrected chi connectivity index (χ3v) is 1.93. The molecule has 1 aliphatic rings. The van der Waals surface area contributed by atoms with Crippen molar-refractivity contribution in [3.63, 3.8) is 0 Å². The Bertz CT molecular complexity index is 314. The molecule has 0 aromatic heterocycles. The van der Waals surface area contributed by atoms with Crippen molar-refractivity contribution in [2.45, 2.75) is 6.10 Å². The van der Waals surface area contributed by atoms with Crippen LogP contribution in [-0.4, -0.2) is 24.4 Å². The van der Waals surface area contributed by atoms with E-state index >= 15 is 0 Å². The van der Waals surface area contributed by atoms with Gasteiger partial charge in [0, 0.05) is 6.54 Å². The van der Waals surface area contributed by atoms with Crippen molar-refractivity contribution in [3.8, 4) is 17.2 Å². The molecular weight excluding hydrogens is 170 g/mol. The molecule has 3 N–H and O–H groups in total. The Hall–Kier alpha value is -1.42. The highest BCUT2D eigenvalue weighted by Gasteiger charge is 2.21. The molecule has 1 atom stereocenters. The van der Waals surface area contributed by atoms with Gasteiger partial charge in [0.25, 0.3) is 0 Å². The normalized spacial score (nSPS) is 19.9. The van der Waals surface area contributed by atoms with E-state index < -0.39 is 0 Å². The Balaban J connectivity index is 2.31. The minimum absolute atomic E-state index is 0.105. The molecule has 1 heterocycles. The maximum absolute atomic E-state index is 9.38. The maximum atomic E-state index is 9.38. The van der Waals surface area contributed by atoms with E-state index in [9.17, 15) is 5.11 Å². The van der Waals surface area contributed by atoms with Gasteiger partial charge in [0.05, 0.1) is 0 Å². The van der Waals surface area contributed by atoms with Gasteiger partial charge < -0.3 is 20.3 Å². The largest absolute Gasteiger partial charge is 0.504 e. The number of nitrogens with two attached hydrogens (primary N) is 1. The van der Waals surface area contributed by atoms with Crippen LogP contribution in [0.3, 0.4) is 0 Å². The second kappa shape index (κ2) is 3.14. The standard InChI is InChI=1S/C9H11NO3/c10-4-6-5-12-9-7(11)2-1-3-8(9)13-6/h1-3,6,11H,4-5,10H2. The van der Waals surface area contributed by atoms with Crippen LogP contribution in [0.25, 0.3) is 0 Å². The van der Waals surface area contributed by atoms with Gasteiger partial charge in [0.15, 0.2) is 11.5 Å². The molecule has 70 valence electrons. The summed E-state index contributed by atoms with van der Waals surface area (Å²) in [5, 5.41) is 9.38. The first-order valence-corrected chi connectivity index (χ1v) is 4.12. The average Bonchev–Trinajstić information content (AvgIpc) is 2.18. The molecule has 0 amide bonds. The summed E-state index contributed by atoms with van der Waals surface area (Å²) in [6, 6.07) is 5.01. The molecule has 1 aromatic carbocycles. The van der Waals surface area contributed by atoms with Gasteiger partial charge in [-0.3, -0.25) is 0 Å². The molecule has 4 nitrogen and oxygen atoms in total. The Morgan fingerprint density at radius 1 is 1.54 bits per heavy atom. The van der Waals surface area contributed by atoms with Gasteiger partial charge >= 0.3 is 0 Å². The van der Waals surface area contributed by atoms with Crippen molar-refractivity contribution in [2.75, 3.05) is 13.2 Å². The number of ether oxygens (including phenoxy) is 2. The zero-order valence-corrected chi connectivity index (χ0v) is 7.06. The second-order valence-corrected chi connectivity index (χ2v) is 2.89. The first-order valence-electron chi connectivity index (χ1n) is 4.12. The zero-order valence-electron chi connectivity index (χ0n) is 7.06. The van der Waals surface area contributed by atoms with Crippen LogP contribution in [-0.2, 0) is 0 Å². The summed E-state index contributed by atoms with van der Waals surface area (Å²) in [5.74, 6) is 1.07. The Kier molecular flexibility index (Phi) is 1.98. The highest BCUT2D eigenvalue weighted by atomic mass is 16.6. The minimum atomic E-state index is -0.116. The van der Waals surface area contributed by atoms with Crippen molar-refractivity contribution in [1.82, 2.24) is 0 Å². The van der Waals surface area contributed by atoms with Crippen LogP contribution in [0.15, 0.2) is 18.2 Å². The SMILES string of the molecule is NCC1COc2c(O)cccc2O1. The lowest BCUT2D eigenvalue weighted by molar-refractivity contribution is 0.0937. The van der Waals surface area contributed by atoms with Crippen LogP contribution in [0.5, 0.6) is 17.2 Å². The van der Waals surface area contributed by atoms with Crippen LogP contribution < -0.4 is 15.2 Å². The van der Waals surface area contributed by atoms with Crippen LogP contribution in [0.1, 0.15) is 0 Å². The molecule has 0 aliphatic carbocycles. The van der Waals surface area contributed by atoms with Crippen LogP contribution in [0.2, 0.25) is 0 Å². The molecule has 1 aromatic rings. The van der Waals surface area contributed by atoms with Gasteiger partial charge in [0.2, 0.25) is 5.75 Å². The van der Waals surface area contributed by atoms with Crippen LogP contribution in [0.4, 0.5) is 0 Å². The summed E-state index contributed by atoms with van der Waals surface area (Å²) < 4.78 is 10.8. The van der Waals surface area contributed by atoms with Gasteiger partial charge in [-0.25, -0.2) is 0 Å². The molecule has 1 aliphatic heterocycles. The van der Waals surface area contributed by atoms with E-state index in [1.54, 1.807) is 18.2 Å². The highest BCUT2D eigenvalue weighted by Crippen LogP contribution is 2.38. The molecule has 13 heavy (non-hydrogen) atoms. The average molecular weight is 181 g/mol. The monoisotopic (exact) mass is 181 g/mol. The minimum Gasteiger partial charge on any atom is -0.504 e. The summed E-state index contributed by atoms with van der Waals surface area (Å²) >= 11 is 0. The summed E-state index contributed by atoms with van der Waals surface area (Å²) in [7, 11) is 0. The first-order chi connectivity index (χ1) is 6.31. The number of phenols is 1. The lowest BCUT2D eigenvalue weighted by atomic mass is 10.2. The van der Waals surface area contributed by atoms with E-state index in [1.165, 1.54) is 0 Å². The maximum Gasteiger partial charge on any atom is 0.203 e. The van der Waals surface area contributed by atoms with E-state index in [-0.39, 0.29) is 11.9 Å². The molecule has 2 rings (SSSR count). The van der Waals surface area contributed by atoms with Crippen molar-refractivity contribution in [2.24, 2.45) is 5.73 Å². The van der Waals surface area contributed by atoms with Gasteiger partial charge in [-0.15, -0.1) is 0 Å². The van der Waals surface area contributed by atoms with E-state index in [0.29, 0.717) is 24.7 Å². The molecule has 0 radical (unpaired) electrons. The lowest BCUT2D eigenvalue weighted by Crippen LogP contribution is -2.35.